The molecule has 0 aliphatic rings. The van der Waals surface area contributed by atoms with Crippen molar-refractivity contribution in [2.45, 2.75) is 19.4 Å². The predicted molar refractivity (Wildman–Crippen MR) is 59.8 cm³/mol. The van der Waals surface area contributed by atoms with Gasteiger partial charge in [0.25, 0.3) is 0 Å². The number of hydrogen-bond acceptors (Lipinski definition) is 2. The van der Waals surface area contributed by atoms with Crippen LogP contribution < -0.4 is 5.73 Å². The van der Waals surface area contributed by atoms with Gasteiger partial charge in [0.2, 0.25) is 0 Å². The van der Waals surface area contributed by atoms with Crippen LogP contribution in [0.15, 0.2) is 30.3 Å². The Kier molecular flexibility index (Phi) is 3.44. The van der Waals surface area contributed by atoms with E-state index in [2.05, 4.69) is 0 Å². The summed E-state index contributed by atoms with van der Waals surface area (Å²) in [6, 6.07) is 7.80. The third-order valence-electron chi connectivity index (χ3n) is 2.06. The third-order valence-corrected chi connectivity index (χ3v) is 2.06. The van der Waals surface area contributed by atoms with Crippen LogP contribution in [0.1, 0.15) is 25.0 Å². The van der Waals surface area contributed by atoms with Gasteiger partial charge < -0.3 is 10.8 Å². The van der Waals surface area contributed by atoms with Gasteiger partial charge in [0.15, 0.2) is 0 Å². The Bertz CT molecular complexity index is 306. The maximum absolute atomic E-state index is 9.72. The van der Waals surface area contributed by atoms with Crippen LogP contribution in [-0.4, -0.2) is 11.7 Å². The number of aliphatic hydroxyl groups is 1. The number of hydrogen-bond donors (Lipinski definition) is 2. The van der Waals surface area contributed by atoms with Crippen LogP contribution in [0.2, 0.25) is 0 Å². The average molecular weight is 191 g/mol. The lowest BCUT2D eigenvalue weighted by atomic mass is 9.97. The van der Waals surface area contributed by atoms with Gasteiger partial charge in [-0.25, -0.2) is 0 Å². The van der Waals surface area contributed by atoms with E-state index in [9.17, 15) is 5.11 Å². The predicted octanol–water partition coefficient (Wildman–Crippen LogP) is 1.89. The van der Waals surface area contributed by atoms with E-state index in [4.69, 9.17) is 5.73 Å². The lowest BCUT2D eigenvalue weighted by molar-refractivity contribution is 0.0786. The fourth-order valence-corrected chi connectivity index (χ4v) is 1.21. The molecule has 0 heterocycles. The van der Waals surface area contributed by atoms with E-state index in [1.54, 1.807) is 13.8 Å². The summed E-state index contributed by atoms with van der Waals surface area (Å²) in [5.41, 5.74) is 6.60. The van der Waals surface area contributed by atoms with Crippen molar-refractivity contribution in [3.8, 4) is 0 Å². The van der Waals surface area contributed by atoms with E-state index in [-0.39, 0.29) is 0 Å². The van der Waals surface area contributed by atoms with Crippen molar-refractivity contribution >= 4 is 6.08 Å². The van der Waals surface area contributed by atoms with Crippen LogP contribution in [-0.2, 0) is 5.60 Å². The van der Waals surface area contributed by atoms with E-state index in [1.165, 1.54) is 0 Å². The van der Waals surface area contributed by atoms with Crippen LogP contribution >= 0.6 is 0 Å². The highest BCUT2D eigenvalue weighted by Gasteiger charge is 2.14. The van der Waals surface area contributed by atoms with Crippen molar-refractivity contribution < 1.29 is 5.11 Å². The summed E-state index contributed by atoms with van der Waals surface area (Å²) in [5.74, 6) is 0. The molecular weight excluding hydrogens is 174 g/mol. The average Bonchev–Trinajstić information content (AvgIpc) is 2.14. The zero-order chi connectivity index (χ0) is 10.6. The summed E-state index contributed by atoms with van der Waals surface area (Å²) in [6.45, 7) is 4.10. The fraction of sp³-hybridized carbons (Fsp3) is 0.333. The Morgan fingerprint density at radius 3 is 2.29 bits per heavy atom. The first-order chi connectivity index (χ1) is 6.54. The Balaban J connectivity index is 2.84. The Morgan fingerprint density at radius 1 is 1.29 bits per heavy atom. The zero-order valence-electron chi connectivity index (χ0n) is 8.70. The molecule has 2 heteroatoms. The summed E-state index contributed by atoms with van der Waals surface area (Å²) in [7, 11) is 0. The molecule has 1 aromatic carbocycles. The van der Waals surface area contributed by atoms with E-state index in [0.29, 0.717) is 6.54 Å². The molecule has 76 valence electrons. The third kappa shape index (κ3) is 2.98. The van der Waals surface area contributed by atoms with Gasteiger partial charge in [0.1, 0.15) is 0 Å². The molecule has 0 saturated heterocycles. The summed E-state index contributed by atoms with van der Waals surface area (Å²) in [6.07, 6.45) is 3.87. The van der Waals surface area contributed by atoms with Gasteiger partial charge in [-0.1, -0.05) is 36.4 Å². The molecule has 0 amide bonds. The maximum Gasteiger partial charge on any atom is 0.0840 e. The minimum absolute atomic E-state index is 0.549. The second-order valence-electron chi connectivity index (χ2n) is 3.82. The summed E-state index contributed by atoms with van der Waals surface area (Å²) in [5, 5.41) is 9.72. The molecular formula is C12H17NO. The molecule has 14 heavy (non-hydrogen) atoms. The van der Waals surface area contributed by atoms with Crippen molar-refractivity contribution in [3.05, 3.63) is 41.5 Å². The largest absolute Gasteiger partial charge is 0.386 e. The van der Waals surface area contributed by atoms with Gasteiger partial charge in [-0.05, 0) is 25.0 Å². The Morgan fingerprint density at radius 2 is 1.86 bits per heavy atom. The first-order valence-electron chi connectivity index (χ1n) is 4.73. The standard InChI is InChI=1S/C12H17NO/c1-12(2,14)11-7-5-10(6-8-11)4-3-9-13/h3-8,14H,9,13H2,1-2H3/b4-3+. The van der Waals surface area contributed by atoms with Gasteiger partial charge >= 0.3 is 0 Å². The highest BCUT2D eigenvalue weighted by Crippen LogP contribution is 2.19. The molecule has 0 saturated carbocycles. The maximum atomic E-state index is 9.72. The lowest BCUT2D eigenvalue weighted by Crippen LogP contribution is -2.14. The van der Waals surface area contributed by atoms with Crippen LogP contribution in [0.5, 0.6) is 0 Å². The molecule has 0 spiro atoms. The summed E-state index contributed by atoms with van der Waals surface area (Å²) in [4.78, 5) is 0. The molecule has 0 aromatic heterocycles. The van der Waals surface area contributed by atoms with Crippen LogP contribution in [0.4, 0.5) is 0 Å². The van der Waals surface area contributed by atoms with Crippen molar-refractivity contribution in [2.75, 3.05) is 6.54 Å². The van der Waals surface area contributed by atoms with Crippen molar-refractivity contribution in [1.29, 1.82) is 0 Å². The van der Waals surface area contributed by atoms with Gasteiger partial charge in [-0.15, -0.1) is 0 Å². The van der Waals surface area contributed by atoms with E-state index in [1.807, 2.05) is 36.4 Å². The Labute approximate surface area is 85.1 Å². The molecule has 0 bridgehead atoms. The second-order valence-corrected chi connectivity index (χ2v) is 3.82. The molecule has 1 aromatic rings. The minimum Gasteiger partial charge on any atom is -0.386 e. The van der Waals surface area contributed by atoms with Gasteiger partial charge in [-0.3, -0.25) is 0 Å². The van der Waals surface area contributed by atoms with Gasteiger partial charge in [-0.2, -0.15) is 0 Å². The van der Waals surface area contributed by atoms with Gasteiger partial charge in [0, 0.05) is 6.54 Å². The lowest BCUT2D eigenvalue weighted by Gasteiger charge is -2.17. The van der Waals surface area contributed by atoms with E-state index >= 15 is 0 Å². The van der Waals surface area contributed by atoms with Gasteiger partial charge in [0.05, 0.1) is 5.60 Å². The molecule has 0 atom stereocenters. The summed E-state index contributed by atoms with van der Waals surface area (Å²) >= 11 is 0. The van der Waals surface area contributed by atoms with Crippen molar-refractivity contribution in [3.63, 3.8) is 0 Å². The topological polar surface area (TPSA) is 46.2 Å². The molecule has 0 unspecified atom stereocenters. The molecule has 0 aliphatic carbocycles. The Hall–Kier alpha value is -1.12. The summed E-state index contributed by atoms with van der Waals surface area (Å²) < 4.78 is 0. The first-order valence-corrected chi connectivity index (χ1v) is 4.73. The number of rotatable bonds is 3. The molecule has 0 radical (unpaired) electrons. The number of benzene rings is 1. The first kappa shape index (κ1) is 11.0. The highest BCUT2D eigenvalue weighted by molar-refractivity contribution is 5.50. The zero-order valence-corrected chi connectivity index (χ0v) is 8.70. The molecule has 1 rings (SSSR count). The SMILES string of the molecule is CC(C)(O)c1ccc(/C=C/CN)cc1. The monoisotopic (exact) mass is 191 g/mol. The van der Waals surface area contributed by atoms with Crippen LogP contribution in [0, 0.1) is 0 Å². The normalized spacial score (nSPS) is 12.3. The fourth-order valence-electron chi connectivity index (χ4n) is 1.21. The second kappa shape index (κ2) is 4.40. The smallest absolute Gasteiger partial charge is 0.0840 e. The molecule has 0 aliphatic heterocycles. The van der Waals surface area contributed by atoms with E-state index < -0.39 is 5.60 Å². The van der Waals surface area contributed by atoms with Crippen LogP contribution in [0.3, 0.4) is 0 Å². The highest BCUT2D eigenvalue weighted by atomic mass is 16.3. The quantitative estimate of drug-likeness (QED) is 0.766. The minimum atomic E-state index is -0.768. The molecule has 3 N–H and O–H groups in total. The van der Waals surface area contributed by atoms with E-state index in [0.717, 1.165) is 11.1 Å². The van der Waals surface area contributed by atoms with Crippen molar-refractivity contribution in [1.82, 2.24) is 0 Å². The van der Waals surface area contributed by atoms with Crippen molar-refractivity contribution in [2.24, 2.45) is 5.73 Å². The molecule has 2 nitrogen and oxygen atoms in total. The van der Waals surface area contributed by atoms with Crippen LogP contribution in [0.25, 0.3) is 6.08 Å². The molecule has 0 fully saturated rings. The number of nitrogens with two attached hydrogens (primary N) is 1.